The molecule has 0 saturated heterocycles. The second-order valence-corrected chi connectivity index (χ2v) is 7.38. The van der Waals surface area contributed by atoms with Crippen LogP contribution in [0.5, 0.6) is 0 Å². The molecule has 4 nitrogen and oxygen atoms in total. The molecule has 0 aromatic heterocycles. The first-order chi connectivity index (χ1) is 9.87. The fraction of sp³-hybridized carbons (Fsp3) is 0.0714. The van der Waals surface area contributed by atoms with Gasteiger partial charge in [0.25, 0.3) is 10.0 Å². The molecule has 2 aromatic carbocycles. The maximum absolute atomic E-state index is 12.0. The lowest BCUT2D eigenvalue weighted by Gasteiger charge is -2.03. The van der Waals surface area contributed by atoms with Crippen LogP contribution in [0.25, 0.3) is 0 Å². The van der Waals surface area contributed by atoms with E-state index in [0.717, 1.165) is 10.0 Å². The van der Waals surface area contributed by atoms with Gasteiger partial charge in [-0.25, -0.2) is 4.83 Å². The fourth-order valence-electron chi connectivity index (χ4n) is 1.59. The highest BCUT2D eigenvalue weighted by atomic mass is 79.9. The highest BCUT2D eigenvalue weighted by molar-refractivity contribution is 9.10. The summed E-state index contributed by atoms with van der Waals surface area (Å²) >= 11 is 9.20. The molecule has 110 valence electrons. The standard InChI is InChI=1S/C14H12BrClN2O2S/c1-10-2-4-14(5-3-10)21(19,20)18-17-9-11-6-12(15)8-13(16)7-11/h2-9,18H,1H3. The van der Waals surface area contributed by atoms with Gasteiger partial charge in [0.2, 0.25) is 0 Å². The largest absolute Gasteiger partial charge is 0.276 e. The van der Waals surface area contributed by atoms with Crippen LogP contribution in [0.3, 0.4) is 0 Å². The van der Waals surface area contributed by atoms with Crippen LogP contribution in [0.2, 0.25) is 5.02 Å². The Bertz CT molecular complexity index is 754. The van der Waals surface area contributed by atoms with Gasteiger partial charge in [-0.05, 0) is 42.8 Å². The topological polar surface area (TPSA) is 58.5 Å². The van der Waals surface area contributed by atoms with Crippen LogP contribution < -0.4 is 4.83 Å². The van der Waals surface area contributed by atoms with Crippen molar-refractivity contribution >= 4 is 43.8 Å². The Morgan fingerprint density at radius 1 is 1.19 bits per heavy atom. The van der Waals surface area contributed by atoms with Crippen LogP contribution >= 0.6 is 27.5 Å². The van der Waals surface area contributed by atoms with E-state index < -0.39 is 10.0 Å². The van der Waals surface area contributed by atoms with Crippen molar-refractivity contribution in [1.29, 1.82) is 0 Å². The molecular formula is C14H12BrClN2O2S. The van der Waals surface area contributed by atoms with Gasteiger partial charge in [-0.1, -0.05) is 45.2 Å². The molecule has 0 amide bonds. The Labute approximate surface area is 137 Å². The Morgan fingerprint density at radius 3 is 2.48 bits per heavy atom. The number of halogens is 2. The predicted octanol–water partition coefficient (Wildman–Crippen LogP) is 3.72. The lowest BCUT2D eigenvalue weighted by atomic mass is 10.2. The quantitative estimate of drug-likeness (QED) is 0.642. The summed E-state index contributed by atoms with van der Waals surface area (Å²) in [4.78, 5) is 2.33. The Hall–Kier alpha value is -1.37. The average molecular weight is 388 g/mol. The first kappa shape index (κ1) is 16.0. The first-order valence-electron chi connectivity index (χ1n) is 5.94. The summed E-state index contributed by atoms with van der Waals surface area (Å²) in [6.45, 7) is 1.89. The van der Waals surface area contributed by atoms with Crippen molar-refractivity contribution in [3.8, 4) is 0 Å². The van der Waals surface area contributed by atoms with Gasteiger partial charge in [0.1, 0.15) is 0 Å². The van der Waals surface area contributed by atoms with Crippen LogP contribution in [0.1, 0.15) is 11.1 Å². The second kappa shape index (κ2) is 6.60. The molecule has 0 aliphatic heterocycles. The third-order valence-corrected chi connectivity index (χ3v) is 4.52. The van der Waals surface area contributed by atoms with Gasteiger partial charge < -0.3 is 0 Å². The molecule has 0 atom stereocenters. The molecule has 0 bridgehead atoms. The van der Waals surface area contributed by atoms with Crippen molar-refractivity contribution in [2.45, 2.75) is 11.8 Å². The van der Waals surface area contributed by atoms with Gasteiger partial charge in [0.05, 0.1) is 11.1 Å². The van der Waals surface area contributed by atoms with E-state index >= 15 is 0 Å². The second-order valence-electron chi connectivity index (χ2n) is 4.37. The monoisotopic (exact) mass is 386 g/mol. The molecular weight excluding hydrogens is 376 g/mol. The minimum absolute atomic E-state index is 0.164. The third-order valence-electron chi connectivity index (χ3n) is 2.60. The van der Waals surface area contributed by atoms with Crippen molar-refractivity contribution < 1.29 is 8.42 Å². The number of nitrogens with zero attached hydrogens (tertiary/aromatic N) is 1. The van der Waals surface area contributed by atoms with Gasteiger partial charge in [0, 0.05) is 9.50 Å². The zero-order chi connectivity index (χ0) is 15.5. The van der Waals surface area contributed by atoms with Gasteiger partial charge in [0.15, 0.2) is 0 Å². The fourth-order valence-corrected chi connectivity index (χ4v) is 3.27. The molecule has 1 N–H and O–H groups in total. The van der Waals surface area contributed by atoms with E-state index in [4.69, 9.17) is 11.6 Å². The van der Waals surface area contributed by atoms with Gasteiger partial charge in [-0.15, -0.1) is 0 Å². The molecule has 0 unspecified atom stereocenters. The number of nitrogens with one attached hydrogen (secondary N) is 1. The molecule has 0 aliphatic carbocycles. The van der Waals surface area contributed by atoms with E-state index in [0.29, 0.717) is 10.6 Å². The van der Waals surface area contributed by atoms with Crippen molar-refractivity contribution in [3.63, 3.8) is 0 Å². The minimum atomic E-state index is -3.66. The van der Waals surface area contributed by atoms with Gasteiger partial charge in [-0.3, -0.25) is 0 Å². The van der Waals surface area contributed by atoms with Crippen LogP contribution in [0.4, 0.5) is 0 Å². The molecule has 0 fully saturated rings. The van der Waals surface area contributed by atoms with Gasteiger partial charge in [-0.2, -0.15) is 13.5 Å². The van der Waals surface area contributed by atoms with Crippen molar-refractivity contribution in [2.75, 3.05) is 0 Å². The van der Waals surface area contributed by atoms with Crippen molar-refractivity contribution in [1.82, 2.24) is 4.83 Å². The smallest absolute Gasteiger partial charge is 0.200 e. The highest BCUT2D eigenvalue weighted by Crippen LogP contribution is 2.18. The number of hydrazone groups is 1. The third kappa shape index (κ3) is 4.56. The molecule has 21 heavy (non-hydrogen) atoms. The van der Waals surface area contributed by atoms with E-state index in [2.05, 4.69) is 25.9 Å². The molecule has 0 spiro atoms. The van der Waals surface area contributed by atoms with Crippen LogP contribution in [-0.2, 0) is 10.0 Å². The van der Waals surface area contributed by atoms with Crippen LogP contribution in [0.15, 0.2) is 56.9 Å². The van der Waals surface area contributed by atoms with E-state index in [1.54, 1.807) is 30.3 Å². The maximum Gasteiger partial charge on any atom is 0.276 e. The predicted molar refractivity (Wildman–Crippen MR) is 88.2 cm³/mol. The molecule has 0 radical (unpaired) electrons. The Balaban J connectivity index is 2.14. The molecule has 2 rings (SSSR count). The number of hydrogen-bond donors (Lipinski definition) is 1. The van der Waals surface area contributed by atoms with E-state index in [9.17, 15) is 8.42 Å². The van der Waals surface area contributed by atoms with E-state index in [1.165, 1.54) is 18.3 Å². The molecule has 2 aromatic rings. The molecule has 7 heteroatoms. The first-order valence-corrected chi connectivity index (χ1v) is 8.60. The van der Waals surface area contributed by atoms with Crippen LogP contribution in [0, 0.1) is 6.92 Å². The van der Waals surface area contributed by atoms with Crippen molar-refractivity contribution in [3.05, 3.63) is 63.1 Å². The normalized spacial score (nSPS) is 11.8. The SMILES string of the molecule is Cc1ccc(S(=O)(=O)NN=Cc2cc(Cl)cc(Br)c2)cc1. The van der Waals surface area contributed by atoms with E-state index in [-0.39, 0.29) is 4.90 Å². The zero-order valence-corrected chi connectivity index (χ0v) is 14.2. The number of sulfonamides is 1. The Morgan fingerprint density at radius 2 is 1.86 bits per heavy atom. The lowest BCUT2D eigenvalue weighted by molar-refractivity contribution is 0.584. The number of rotatable bonds is 4. The highest BCUT2D eigenvalue weighted by Gasteiger charge is 2.11. The lowest BCUT2D eigenvalue weighted by Crippen LogP contribution is -2.18. The molecule has 0 heterocycles. The summed E-state index contributed by atoms with van der Waals surface area (Å²) in [5, 5.41) is 4.29. The minimum Gasteiger partial charge on any atom is -0.200 e. The number of hydrogen-bond acceptors (Lipinski definition) is 3. The number of benzene rings is 2. The summed E-state index contributed by atoms with van der Waals surface area (Å²) in [5.41, 5.74) is 1.67. The summed E-state index contributed by atoms with van der Waals surface area (Å²) in [6, 6.07) is 11.7. The maximum atomic E-state index is 12.0. The van der Waals surface area contributed by atoms with Crippen molar-refractivity contribution in [2.24, 2.45) is 5.10 Å². The van der Waals surface area contributed by atoms with E-state index in [1.807, 2.05) is 6.92 Å². The summed E-state index contributed by atoms with van der Waals surface area (Å²) in [7, 11) is -3.66. The molecule has 0 saturated carbocycles. The summed E-state index contributed by atoms with van der Waals surface area (Å²) in [5.74, 6) is 0. The Kier molecular flexibility index (Phi) is 5.03. The van der Waals surface area contributed by atoms with Gasteiger partial charge >= 0.3 is 0 Å². The number of aryl methyl sites for hydroxylation is 1. The summed E-state index contributed by atoms with van der Waals surface area (Å²) < 4.78 is 24.8. The summed E-state index contributed by atoms with van der Waals surface area (Å²) in [6.07, 6.45) is 1.39. The van der Waals surface area contributed by atoms with Crippen LogP contribution in [-0.4, -0.2) is 14.6 Å². The zero-order valence-electron chi connectivity index (χ0n) is 11.0. The average Bonchev–Trinajstić information content (AvgIpc) is 2.37. The molecule has 0 aliphatic rings.